The lowest BCUT2D eigenvalue weighted by molar-refractivity contribution is -0.149. The van der Waals surface area contributed by atoms with Crippen LogP contribution in [0.5, 0.6) is 5.75 Å². The molecule has 0 aromatic heterocycles. The second-order valence-electron chi connectivity index (χ2n) is 7.09. The van der Waals surface area contributed by atoms with Crippen LogP contribution in [0, 0.1) is 11.8 Å². The van der Waals surface area contributed by atoms with Crippen LogP contribution in [0.15, 0.2) is 42.5 Å². The molecule has 2 rings (SSSR count). The molecule has 2 atom stereocenters. The monoisotopic (exact) mass is 418 g/mol. The molecule has 0 radical (unpaired) electrons. The van der Waals surface area contributed by atoms with E-state index in [1.807, 2.05) is 51.1 Å². The van der Waals surface area contributed by atoms with Crippen molar-refractivity contribution in [2.45, 2.75) is 40.5 Å². The lowest BCUT2D eigenvalue weighted by atomic mass is 10.1. The average Bonchev–Trinajstić information content (AvgIpc) is 2.77. The Kier molecular flexibility index (Phi) is 12.2. The summed E-state index contributed by atoms with van der Waals surface area (Å²) in [6.45, 7) is 9.00. The van der Waals surface area contributed by atoms with Crippen LogP contribution in [0.4, 0.5) is 0 Å². The number of fused-ring (bicyclic) bond motifs is 1. The minimum absolute atomic E-state index is 0.0498. The first-order valence-electron chi connectivity index (χ1n) is 10.5. The molecule has 0 amide bonds. The van der Waals surface area contributed by atoms with Crippen LogP contribution in [0.25, 0.3) is 10.8 Å². The number of esters is 1. The highest BCUT2D eigenvalue weighted by atomic mass is 16.6. The van der Waals surface area contributed by atoms with Crippen molar-refractivity contribution in [2.75, 3.05) is 26.4 Å². The number of hydrogen-bond donors (Lipinski definition) is 1. The fourth-order valence-electron chi connectivity index (χ4n) is 2.26. The summed E-state index contributed by atoms with van der Waals surface area (Å²) in [5.74, 6) is -0.271. The van der Waals surface area contributed by atoms with Crippen molar-refractivity contribution in [1.82, 2.24) is 0 Å². The first-order chi connectivity index (χ1) is 14.4. The van der Waals surface area contributed by atoms with E-state index in [1.54, 1.807) is 6.92 Å². The lowest BCUT2D eigenvalue weighted by Gasteiger charge is -2.10. The lowest BCUT2D eigenvalue weighted by Crippen LogP contribution is -2.18. The zero-order valence-electron chi connectivity index (χ0n) is 18.4. The van der Waals surface area contributed by atoms with Gasteiger partial charge in [-0.05, 0) is 35.7 Å². The predicted molar refractivity (Wildman–Crippen MR) is 118 cm³/mol. The molecule has 0 fully saturated rings. The van der Waals surface area contributed by atoms with Crippen molar-refractivity contribution < 1.29 is 28.9 Å². The van der Waals surface area contributed by atoms with E-state index in [4.69, 9.17) is 19.3 Å². The third-order valence-corrected chi connectivity index (χ3v) is 4.74. The number of ether oxygens (including phenoxy) is 3. The van der Waals surface area contributed by atoms with Crippen LogP contribution < -0.4 is 4.74 Å². The normalized spacial score (nSPS) is 12.4. The minimum Gasteiger partial charge on any atom is -0.491 e. The van der Waals surface area contributed by atoms with Crippen LogP contribution in [0.1, 0.15) is 40.5 Å². The Morgan fingerprint density at radius 3 is 2.10 bits per heavy atom. The molecule has 2 unspecified atom stereocenters. The van der Waals surface area contributed by atoms with Gasteiger partial charge in [0.25, 0.3) is 0 Å². The molecule has 0 saturated carbocycles. The Hall–Kier alpha value is -2.60. The van der Waals surface area contributed by atoms with Gasteiger partial charge in [-0.25, -0.2) is 0 Å². The summed E-state index contributed by atoms with van der Waals surface area (Å²) >= 11 is 0. The number of hydrogen-bond acceptors (Lipinski definition) is 5. The molecular formula is C24H34O6. The van der Waals surface area contributed by atoms with E-state index in [9.17, 15) is 9.59 Å². The van der Waals surface area contributed by atoms with E-state index in [1.165, 1.54) is 5.39 Å². The maximum Gasteiger partial charge on any atom is 0.308 e. The van der Waals surface area contributed by atoms with Crippen molar-refractivity contribution in [3.05, 3.63) is 42.5 Å². The molecule has 6 heteroatoms. The minimum atomic E-state index is -0.706. The summed E-state index contributed by atoms with van der Waals surface area (Å²) in [6, 6.07) is 14.2. The van der Waals surface area contributed by atoms with E-state index in [-0.39, 0.29) is 17.8 Å². The molecular weight excluding hydrogens is 384 g/mol. The topological polar surface area (TPSA) is 82.1 Å². The van der Waals surface area contributed by atoms with Gasteiger partial charge in [-0.2, -0.15) is 0 Å². The highest BCUT2D eigenvalue weighted by Crippen LogP contribution is 2.20. The fourth-order valence-corrected chi connectivity index (χ4v) is 2.26. The van der Waals surface area contributed by atoms with Gasteiger partial charge < -0.3 is 19.3 Å². The molecule has 0 heterocycles. The molecule has 0 aliphatic rings. The van der Waals surface area contributed by atoms with Gasteiger partial charge in [0.15, 0.2) is 0 Å². The predicted octanol–water partition coefficient (Wildman–Crippen LogP) is 4.94. The van der Waals surface area contributed by atoms with Crippen LogP contribution in [-0.4, -0.2) is 43.5 Å². The maximum atomic E-state index is 11.5. The fraction of sp³-hybridized carbons (Fsp3) is 0.500. The van der Waals surface area contributed by atoms with Gasteiger partial charge >= 0.3 is 11.9 Å². The SMILES string of the molecule is CCC(C)C(=O)O.CCC(C)C(=O)OCCOCCOc1ccc2ccccc2c1. The van der Waals surface area contributed by atoms with Gasteiger partial charge in [0.1, 0.15) is 19.0 Å². The highest BCUT2D eigenvalue weighted by Gasteiger charge is 2.11. The van der Waals surface area contributed by atoms with Crippen molar-refractivity contribution in [3.8, 4) is 5.75 Å². The molecule has 0 aliphatic heterocycles. The number of rotatable bonds is 11. The first kappa shape index (κ1) is 25.4. The summed E-state index contributed by atoms with van der Waals surface area (Å²) in [6.07, 6.45) is 1.51. The molecule has 0 aliphatic carbocycles. The van der Waals surface area contributed by atoms with Crippen molar-refractivity contribution in [3.63, 3.8) is 0 Å². The summed E-state index contributed by atoms with van der Waals surface area (Å²) in [5.41, 5.74) is 0. The van der Waals surface area contributed by atoms with E-state index < -0.39 is 5.97 Å². The zero-order valence-corrected chi connectivity index (χ0v) is 18.4. The summed E-state index contributed by atoms with van der Waals surface area (Å²) in [5, 5.41) is 10.5. The second kappa shape index (κ2) is 14.4. The van der Waals surface area contributed by atoms with Gasteiger partial charge in [0.05, 0.1) is 25.0 Å². The quantitative estimate of drug-likeness (QED) is 0.411. The van der Waals surface area contributed by atoms with Crippen LogP contribution >= 0.6 is 0 Å². The molecule has 2 aromatic carbocycles. The molecule has 6 nitrogen and oxygen atoms in total. The van der Waals surface area contributed by atoms with Crippen molar-refractivity contribution >= 4 is 22.7 Å². The van der Waals surface area contributed by atoms with E-state index in [2.05, 4.69) is 12.1 Å². The Labute approximate surface area is 179 Å². The standard InChI is InChI=1S/C19H24O4.C5H10O2/c1-3-15(2)19(20)23-13-11-21-10-12-22-18-9-8-16-6-4-5-7-17(16)14-18;1-3-4(2)5(6)7/h4-9,14-15H,3,10-13H2,1-2H3;4H,3H2,1-2H3,(H,6,7). The molecule has 0 spiro atoms. The third kappa shape index (κ3) is 9.74. The van der Waals surface area contributed by atoms with E-state index in [0.717, 1.165) is 24.0 Å². The third-order valence-electron chi connectivity index (χ3n) is 4.74. The van der Waals surface area contributed by atoms with E-state index in [0.29, 0.717) is 26.4 Å². The number of carboxylic acid groups (broad SMARTS) is 1. The number of aliphatic carboxylic acids is 1. The first-order valence-corrected chi connectivity index (χ1v) is 10.5. The number of benzene rings is 2. The van der Waals surface area contributed by atoms with Crippen LogP contribution in [0.3, 0.4) is 0 Å². The van der Waals surface area contributed by atoms with Crippen LogP contribution in [-0.2, 0) is 19.1 Å². The summed E-state index contributed by atoms with van der Waals surface area (Å²) in [4.78, 5) is 21.4. The second-order valence-corrected chi connectivity index (χ2v) is 7.09. The summed E-state index contributed by atoms with van der Waals surface area (Å²) < 4.78 is 16.2. The summed E-state index contributed by atoms with van der Waals surface area (Å²) in [7, 11) is 0. The molecule has 0 saturated heterocycles. The largest absolute Gasteiger partial charge is 0.491 e. The highest BCUT2D eigenvalue weighted by molar-refractivity contribution is 5.83. The van der Waals surface area contributed by atoms with Gasteiger partial charge in [-0.15, -0.1) is 0 Å². The van der Waals surface area contributed by atoms with Gasteiger partial charge in [0, 0.05) is 0 Å². The molecule has 2 aromatic rings. The Bertz CT molecular complexity index is 773. The van der Waals surface area contributed by atoms with Crippen LogP contribution in [0.2, 0.25) is 0 Å². The number of carbonyl (C=O) groups excluding carboxylic acids is 1. The Morgan fingerprint density at radius 2 is 1.50 bits per heavy atom. The number of carboxylic acids is 1. The molecule has 1 N–H and O–H groups in total. The molecule has 30 heavy (non-hydrogen) atoms. The zero-order chi connectivity index (χ0) is 22.4. The van der Waals surface area contributed by atoms with Gasteiger partial charge in [-0.1, -0.05) is 58.0 Å². The van der Waals surface area contributed by atoms with Crippen molar-refractivity contribution in [2.24, 2.45) is 11.8 Å². The van der Waals surface area contributed by atoms with Gasteiger partial charge in [0.2, 0.25) is 0 Å². The molecule has 0 bridgehead atoms. The maximum absolute atomic E-state index is 11.5. The van der Waals surface area contributed by atoms with E-state index >= 15 is 0 Å². The Balaban J connectivity index is 0.000000553. The average molecular weight is 419 g/mol. The molecule has 166 valence electrons. The van der Waals surface area contributed by atoms with Gasteiger partial charge in [-0.3, -0.25) is 9.59 Å². The smallest absolute Gasteiger partial charge is 0.308 e. The Morgan fingerprint density at radius 1 is 0.867 bits per heavy atom. The number of carbonyl (C=O) groups is 2. The van der Waals surface area contributed by atoms with Crippen molar-refractivity contribution in [1.29, 1.82) is 0 Å².